The molecule has 0 aromatic heterocycles. The van der Waals surface area contributed by atoms with Gasteiger partial charge in [0.05, 0.1) is 0 Å². The van der Waals surface area contributed by atoms with Crippen LogP contribution in [0.1, 0.15) is 32.6 Å². The highest BCUT2D eigenvalue weighted by molar-refractivity contribution is 5.74. The molecule has 7 N–H and O–H groups in total. The van der Waals surface area contributed by atoms with Crippen molar-refractivity contribution >= 4 is 11.9 Å². The molecule has 0 amide bonds. The molecule has 0 aliphatic heterocycles. The lowest BCUT2D eigenvalue weighted by Crippen LogP contribution is -2.43. The van der Waals surface area contributed by atoms with Gasteiger partial charge in [-0.05, 0) is 25.7 Å². The van der Waals surface area contributed by atoms with Crippen LogP contribution in [0.2, 0.25) is 0 Å². The van der Waals surface area contributed by atoms with Crippen LogP contribution in [0.5, 0.6) is 0 Å². The molecule has 0 atom stereocenters. The van der Waals surface area contributed by atoms with Crippen molar-refractivity contribution in [2.24, 2.45) is 11.5 Å². The number of hydrogen-bond acceptors (Lipinski definition) is 3. The summed E-state index contributed by atoms with van der Waals surface area (Å²) in [5.74, 6) is -0.759. The van der Waals surface area contributed by atoms with Gasteiger partial charge in [-0.1, -0.05) is 0 Å². The van der Waals surface area contributed by atoms with Crippen LogP contribution in [0.4, 0.5) is 0 Å². The highest BCUT2D eigenvalue weighted by Crippen LogP contribution is 2.16. The maximum absolute atomic E-state index is 9.00. The molecule has 0 radical (unpaired) electrons. The standard InChI is InChI=1S/C7H16N4.C2H4O2/c8-5-1-3-6(4-2-5)11-7(9)10;1-2(3)4/h5-6H,1-4,8H2,(H4,9,10,11);1H3,(H,3,4)/t5-,6+;. The van der Waals surface area contributed by atoms with Crippen molar-refractivity contribution in [3.05, 3.63) is 0 Å². The highest BCUT2D eigenvalue weighted by Gasteiger charge is 2.17. The minimum absolute atomic E-state index is 0.0745. The Morgan fingerprint density at radius 3 is 2.13 bits per heavy atom. The fourth-order valence-electron chi connectivity index (χ4n) is 1.48. The molecule has 88 valence electrons. The molecule has 0 aromatic rings. The van der Waals surface area contributed by atoms with Gasteiger partial charge in [0, 0.05) is 19.0 Å². The Kier molecular flexibility index (Phi) is 6.44. The first kappa shape index (κ1) is 13.7. The molecular weight excluding hydrogens is 196 g/mol. The van der Waals surface area contributed by atoms with Crippen molar-refractivity contribution in [1.82, 2.24) is 5.32 Å². The van der Waals surface area contributed by atoms with Crippen LogP contribution in [-0.2, 0) is 4.79 Å². The van der Waals surface area contributed by atoms with Crippen LogP contribution < -0.4 is 16.8 Å². The smallest absolute Gasteiger partial charge is 0.300 e. The van der Waals surface area contributed by atoms with Gasteiger partial charge >= 0.3 is 0 Å². The molecule has 15 heavy (non-hydrogen) atoms. The van der Waals surface area contributed by atoms with Gasteiger partial charge in [0.1, 0.15) is 0 Å². The molecule has 6 nitrogen and oxygen atoms in total. The maximum Gasteiger partial charge on any atom is 0.300 e. The van der Waals surface area contributed by atoms with Gasteiger partial charge in [-0.25, -0.2) is 0 Å². The molecule has 0 heterocycles. The van der Waals surface area contributed by atoms with E-state index in [0.717, 1.165) is 32.6 Å². The predicted molar refractivity (Wildman–Crippen MR) is 58.6 cm³/mol. The topological polar surface area (TPSA) is 125 Å². The van der Waals surface area contributed by atoms with Gasteiger partial charge in [0.2, 0.25) is 0 Å². The number of rotatable bonds is 1. The zero-order valence-corrected chi connectivity index (χ0v) is 8.99. The molecule has 0 bridgehead atoms. The number of carboxylic acid groups (broad SMARTS) is 1. The van der Waals surface area contributed by atoms with E-state index in [1.807, 2.05) is 0 Å². The van der Waals surface area contributed by atoms with Gasteiger partial charge in [-0.2, -0.15) is 0 Å². The monoisotopic (exact) mass is 216 g/mol. The van der Waals surface area contributed by atoms with E-state index in [0.29, 0.717) is 12.1 Å². The number of aliphatic carboxylic acids is 1. The van der Waals surface area contributed by atoms with Crippen molar-refractivity contribution in [1.29, 1.82) is 5.41 Å². The lowest BCUT2D eigenvalue weighted by molar-refractivity contribution is -0.134. The van der Waals surface area contributed by atoms with Crippen LogP contribution in [-0.4, -0.2) is 29.1 Å². The van der Waals surface area contributed by atoms with Crippen molar-refractivity contribution in [2.75, 3.05) is 0 Å². The Morgan fingerprint density at radius 1 is 1.40 bits per heavy atom. The Balaban J connectivity index is 0.000000423. The van der Waals surface area contributed by atoms with Crippen molar-refractivity contribution in [2.45, 2.75) is 44.7 Å². The second-order valence-electron chi connectivity index (χ2n) is 3.69. The molecule has 1 saturated carbocycles. The van der Waals surface area contributed by atoms with Gasteiger partial charge in [-0.15, -0.1) is 0 Å². The third-order valence-corrected chi connectivity index (χ3v) is 2.13. The SMILES string of the molecule is CC(=O)O.N=C(N)N[C@H]1CC[C@@H](N)CC1. The van der Waals surface area contributed by atoms with E-state index < -0.39 is 5.97 Å². The molecule has 1 aliphatic carbocycles. The molecule has 1 rings (SSSR count). The second kappa shape index (κ2) is 7.05. The number of guanidine groups is 1. The third-order valence-electron chi connectivity index (χ3n) is 2.13. The normalized spacial score (nSPS) is 24.7. The van der Waals surface area contributed by atoms with Gasteiger partial charge < -0.3 is 21.9 Å². The first-order valence-electron chi connectivity index (χ1n) is 4.97. The van der Waals surface area contributed by atoms with E-state index in [-0.39, 0.29) is 5.96 Å². The first-order valence-corrected chi connectivity index (χ1v) is 4.97. The number of nitrogens with one attached hydrogen (secondary N) is 2. The van der Waals surface area contributed by atoms with Gasteiger partial charge in [0.15, 0.2) is 5.96 Å². The Bertz CT molecular complexity index is 208. The van der Waals surface area contributed by atoms with Crippen LogP contribution in [0.15, 0.2) is 0 Å². The van der Waals surface area contributed by atoms with Crippen molar-refractivity contribution < 1.29 is 9.90 Å². The van der Waals surface area contributed by atoms with Crippen molar-refractivity contribution in [3.8, 4) is 0 Å². The summed E-state index contributed by atoms with van der Waals surface area (Å²) in [5, 5.41) is 17.3. The Morgan fingerprint density at radius 2 is 1.80 bits per heavy atom. The molecule has 0 unspecified atom stereocenters. The summed E-state index contributed by atoms with van der Waals surface area (Å²) in [6.07, 6.45) is 4.18. The van der Waals surface area contributed by atoms with Crippen LogP contribution in [0.25, 0.3) is 0 Å². The van der Waals surface area contributed by atoms with E-state index in [1.165, 1.54) is 0 Å². The molecule has 1 aliphatic rings. The van der Waals surface area contributed by atoms with E-state index in [9.17, 15) is 0 Å². The first-order chi connectivity index (χ1) is 6.91. The average Bonchev–Trinajstić information content (AvgIpc) is 2.07. The van der Waals surface area contributed by atoms with Crippen molar-refractivity contribution in [3.63, 3.8) is 0 Å². The number of carbonyl (C=O) groups is 1. The summed E-state index contributed by atoms with van der Waals surface area (Å²) in [5.41, 5.74) is 10.9. The average molecular weight is 216 g/mol. The predicted octanol–water partition coefficient (Wildman–Crippen LogP) is -0.170. The van der Waals surface area contributed by atoms with E-state index >= 15 is 0 Å². The molecule has 0 spiro atoms. The lowest BCUT2D eigenvalue weighted by atomic mass is 9.92. The Labute approximate surface area is 89.5 Å². The quantitative estimate of drug-likeness (QED) is 0.307. The summed E-state index contributed by atoms with van der Waals surface area (Å²) in [4.78, 5) is 9.00. The molecule has 1 fully saturated rings. The second-order valence-corrected chi connectivity index (χ2v) is 3.69. The largest absolute Gasteiger partial charge is 0.481 e. The van der Waals surface area contributed by atoms with Gasteiger partial charge in [0.25, 0.3) is 5.97 Å². The maximum atomic E-state index is 9.00. The number of nitrogens with two attached hydrogens (primary N) is 2. The molecule has 6 heteroatoms. The highest BCUT2D eigenvalue weighted by atomic mass is 16.4. The van der Waals surface area contributed by atoms with Crippen LogP contribution in [0.3, 0.4) is 0 Å². The molecular formula is C9H20N4O2. The Hall–Kier alpha value is -1.30. The summed E-state index contributed by atoms with van der Waals surface area (Å²) in [6.45, 7) is 1.08. The zero-order chi connectivity index (χ0) is 11.8. The van der Waals surface area contributed by atoms with Crippen LogP contribution in [0, 0.1) is 5.41 Å². The minimum Gasteiger partial charge on any atom is -0.481 e. The fraction of sp³-hybridized carbons (Fsp3) is 0.778. The number of hydrogen-bond donors (Lipinski definition) is 5. The third kappa shape index (κ3) is 9.01. The fourth-order valence-corrected chi connectivity index (χ4v) is 1.48. The zero-order valence-electron chi connectivity index (χ0n) is 8.99. The number of carboxylic acids is 1. The van der Waals surface area contributed by atoms with E-state index in [1.54, 1.807) is 0 Å². The van der Waals surface area contributed by atoms with E-state index in [4.69, 9.17) is 26.8 Å². The summed E-state index contributed by atoms with van der Waals surface area (Å²) < 4.78 is 0. The molecule has 0 aromatic carbocycles. The summed E-state index contributed by atoms with van der Waals surface area (Å²) in [7, 11) is 0. The summed E-state index contributed by atoms with van der Waals surface area (Å²) >= 11 is 0. The summed E-state index contributed by atoms with van der Waals surface area (Å²) in [6, 6.07) is 0.743. The minimum atomic E-state index is -0.833. The lowest BCUT2D eigenvalue weighted by Gasteiger charge is -2.26. The van der Waals surface area contributed by atoms with E-state index in [2.05, 4.69) is 5.32 Å². The molecule has 0 saturated heterocycles. The van der Waals surface area contributed by atoms with Crippen LogP contribution >= 0.6 is 0 Å². The van der Waals surface area contributed by atoms with Gasteiger partial charge in [-0.3, -0.25) is 10.2 Å².